The van der Waals surface area contributed by atoms with E-state index in [0.29, 0.717) is 6.79 Å². The molecular formula is C14H19NO3. The molecule has 4 heteroatoms. The number of hydrogen-bond donors (Lipinski definition) is 1. The lowest BCUT2D eigenvalue weighted by molar-refractivity contribution is 0.173. The van der Waals surface area contributed by atoms with Crippen molar-refractivity contribution in [3.8, 4) is 17.2 Å². The minimum atomic E-state index is 0.312. The Kier molecular flexibility index (Phi) is 3.55. The summed E-state index contributed by atoms with van der Waals surface area (Å²) in [5.74, 6) is 3.21. The monoisotopic (exact) mass is 249 g/mol. The maximum absolute atomic E-state index is 5.77. The first-order valence-electron chi connectivity index (χ1n) is 6.65. The zero-order valence-corrected chi connectivity index (χ0v) is 10.5. The molecule has 3 rings (SSSR count). The summed E-state index contributed by atoms with van der Waals surface area (Å²) in [4.78, 5) is 0. The van der Waals surface area contributed by atoms with Gasteiger partial charge >= 0.3 is 0 Å². The van der Waals surface area contributed by atoms with Gasteiger partial charge in [0, 0.05) is 6.07 Å². The van der Waals surface area contributed by atoms with Crippen LogP contribution in [0.15, 0.2) is 18.2 Å². The average molecular weight is 249 g/mol. The predicted octanol–water partition coefficient (Wildman–Crippen LogP) is 2.18. The highest BCUT2D eigenvalue weighted by atomic mass is 16.7. The van der Waals surface area contributed by atoms with E-state index in [2.05, 4.69) is 5.32 Å². The number of piperidine rings is 1. The van der Waals surface area contributed by atoms with E-state index in [9.17, 15) is 0 Å². The van der Waals surface area contributed by atoms with Gasteiger partial charge in [0.2, 0.25) is 6.79 Å². The summed E-state index contributed by atoms with van der Waals surface area (Å²) in [5, 5.41) is 3.43. The van der Waals surface area contributed by atoms with Crippen LogP contribution in [0, 0.1) is 5.92 Å². The average Bonchev–Trinajstić information content (AvgIpc) is 2.87. The van der Waals surface area contributed by atoms with E-state index >= 15 is 0 Å². The van der Waals surface area contributed by atoms with Crippen LogP contribution in [-0.2, 0) is 0 Å². The molecular weight excluding hydrogens is 230 g/mol. The molecule has 98 valence electrons. The molecule has 1 unspecified atom stereocenters. The van der Waals surface area contributed by atoms with E-state index in [0.717, 1.165) is 42.7 Å². The summed E-state index contributed by atoms with van der Waals surface area (Å²) in [6, 6.07) is 5.74. The second-order valence-corrected chi connectivity index (χ2v) is 4.86. The van der Waals surface area contributed by atoms with E-state index in [4.69, 9.17) is 14.2 Å². The van der Waals surface area contributed by atoms with Crippen LogP contribution in [-0.4, -0.2) is 26.5 Å². The zero-order valence-electron chi connectivity index (χ0n) is 10.5. The normalized spacial score (nSPS) is 21.9. The third kappa shape index (κ3) is 2.70. The Bertz CT molecular complexity index is 402. The molecule has 2 aliphatic heterocycles. The van der Waals surface area contributed by atoms with Gasteiger partial charge in [-0.15, -0.1) is 0 Å². The number of nitrogens with one attached hydrogen (secondary N) is 1. The number of rotatable bonds is 4. The SMILES string of the molecule is c1cc2c(cc1OCCC1CCCNC1)OCO2. The molecule has 0 bridgehead atoms. The summed E-state index contributed by atoms with van der Waals surface area (Å²) in [7, 11) is 0. The van der Waals surface area contributed by atoms with Crippen LogP contribution >= 0.6 is 0 Å². The first kappa shape index (κ1) is 11.7. The smallest absolute Gasteiger partial charge is 0.231 e. The highest BCUT2D eigenvalue weighted by Gasteiger charge is 2.15. The fourth-order valence-corrected chi connectivity index (χ4v) is 2.48. The first-order valence-corrected chi connectivity index (χ1v) is 6.65. The van der Waals surface area contributed by atoms with Crippen molar-refractivity contribution in [2.24, 2.45) is 5.92 Å². The van der Waals surface area contributed by atoms with E-state index < -0.39 is 0 Å². The van der Waals surface area contributed by atoms with Crippen molar-refractivity contribution >= 4 is 0 Å². The molecule has 1 fully saturated rings. The van der Waals surface area contributed by atoms with Crippen LogP contribution in [0.2, 0.25) is 0 Å². The Morgan fingerprint density at radius 3 is 3.11 bits per heavy atom. The van der Waals surface area contributed by atoms with Gasteiger partial charge in [0.05, 0.1) is 6.61 Å². The van der Waals surface area contributed by atoms with Crippen molar-refractivity contribution in [2.75, 3.05) is 26.5 Å². The summed E-state index contributed by atoms with van der Waals surface area (Å²) >= 11 is 0. The van der Waals surface area contributed by atoms with Crippen molar-refractivity contribution in [1.29, 1.82) is 0 Å². The minimum absolute atomic E-state index is 0.312. The maximum atomic E-state index is 5.77. The van der Waals surface area contributed by atoms with Gasteiger partial charge in [0.15, 0.2) is 11.5 Å². The van der Waals surface area contributed by atoms with E-state index in [-0.39, 0.29) is 0 Å². The topological polar surface area (TPSA) is 39.7 Å². The van der Waals surface area contributed by atoms with Crippen molar-refractivity contribution in [3.05, 3.63) is 18.2 Å². The van der Waals surface area contributed by atoms with Gasteiger partial charge in [-0.2, -0.15) is 0 Å². The lowest BCUT2D eigenvalue weighted by atomic mass is 9.97. The van der Waals surface area contributed by atoms with E-state index in [1.807, 2.05) is 18.2 Å². The van der Waals surface area contributed by atoms with Gasteiger partial charge < -0.3 is 19.5 Å². The van der Waals surface area contributed by atoms with Crippen molar-refractivity contribution < 1.29 is 14.2 Å². The lowest BCUT2D eigenvalue weighted by Crippen LogP contribution is -2.30. The first-order chi connectivity index (χ1) is 8.92. The number of hydrogen-bond acceptors (Lipinski definition) is 4. The Labute approximate surface area is 107 Å². The summed E-state index contributed by atoms with van der Waals surface area (Å²) in [6.45, 7) is 3.38. The summed E-state index contributed by atoms with van der Waals surface area (Å²) in [5.41, 5.74) is 0. The molecule has 18 heavy (non-hydrogen) atoms. The number of fused-ring (bicyclic) bond motifs is 1. The Hall–Kier alpha value is -1.42. The van der Waals surface area contributed by atoms with Gasteiger partial charge in [-0.05, 0) is 50.4 Å². The van der Waals surface area contributed by atoms with Gasteiger partial charge in [0.25, 0.3) is 0 Å². The third-order valence-corrected chi connectivity index (χ3v) is 3.54. The molecule has 0 radical (unpaired) electrons. The van der Waals surface area contributed by atoms with Crippen LogP contribution in [0.1, 0.15) is 19.3 Å². The molecule has 0 aromatic heterocycles. The molecule has 0 amide bonds. The highest BCUT2D eigenvalue weighted by Crippen LogP contribution is 2.35. The molecule has 0 spiro atoms. The summed E-state index contributed by atoms with van der Waals surface area (Å²) in [6.07, 6.45) is 3.72. The Morgan fingerprint density at radius 2 is 2.22 bits per heavy atom. The van der Waals surface area contributed by atoms with Crippen LogP contribution in [0.25, 0.3) is 0 Å². The predicted molar refractivity (Wildman–Crippen MR) is 68.3 cm³/mol. The molecule has 1 N–H and O–H groups in total. The Morgan fingerprint density at radius 1 is 1.28 bits per heavy atom. The third-order valence-electron chi connectivity index (χ3n) is 3.54. The molecule has 0 saturated carbocycles. The molecule has 0 aliphatic carbocycles. The van der Waals surface area contributed by atoms with Gasteiger partial charge in [0.1, 0.15) is 5.75 Å². The molecule has 1 aromatic carbocycles. The van der Waals surface area contributed by atoms with Gasteiger partial charge in [-0.1, -0.05) is 0 Å². The lowest BCUT2D eigenvalue weighted by Gasteiger charge is -2.22. The second kappa shape index (κ2) is 5.48. The molecule has 1 atom stereocenters. The fraction of sp³-hybridized carbons (Fsp3) is 0.571. The number of benzene rings is 1. The molecule has 1 saturated heterocycles. The fourth-order valence-electron chi connectivity index (χ4n) is 2.48. The second-order valence-electron chi connectivity index (χ2n) is 4.86. The van der Waals surface area contributed by atoms with Crippen molar-refractivity contribution in [2.45, 2.75) is 19.3 Å². The van der Waals surface area contributed by atoms with E-state index in [1.54, 1.807) is 0 Å². The summed E-state index contributed by atoms with van der Waals surface area (Å²) < 4.78 is 16.4. The standard InChI is InChI=1S/C14H19NO3/c1-2-11(9-15-6-1)5-7-16-12-3-4-13-14(8-12)18-10-17-13/h3-4,8,11,15H,1-2,5-7,9-10H2. The largest absolute Gasteiger partial charge is 0.493 e. The Balaban J connectivity index is 1.48. The molecule has 1 aromatic rings. The zero-order chi connectivity index (χ0) is 12.2. The van der Waals surface area contributed by atoms with E-state index in [1.165, 1.54) is 19.4 Å². The van der Waals surface area contributed by atoms with Gasteiger partial charge in [-0.3, -0.25) is 0 Å². The molecule has 4 nitrogen and oxygen atoms in total. The van der Waals surface area contributed by atoms with Crippen LogP contribution in [0.5, 0.6) is 17.2 Å². The number of ether oxygens (including phenoxy) is 3. The molecule has 2 aliphatic rings. The molecule has 2 heterocycles. The van der Waals surface area contributed by atoms with Crippen LogP contribution in [0.4, 0.5) is 0 Å². The highest BCUT2D eigenvalue weighted by molar-refractivity contribution is 5.46. The van der Waals surface area contributed by atoms with Crippen molar-refractivity contribution in [1.82, 2.24) is 5.32 Å². The van der Waals surface area contributed by atoms with Crippen LogP contribution in [0.3, 0.4) is 0 Å². The maximum Gasteiger partial charge on any atom is 0.231 e. The van der Waals surface area contributed by atoms with Gasteiger partial charge in [-0.25, -0.2) is 0 Å². The quantitative estimate of drug-likeness (QED) is 0.888. The minimum Gasteiger partial charge on any atom is -0.493 e. The van der Waals surface area contributed by atoms with Crippen LogP contribution < -0.4 is 19.5 Å². The van der Waals surface area contributed by atoms with Crippen molar-refractivity contribution in [3.63, 3.8) is 0 Å².